The largest absolute Gasteiger partial charge is 0.358 e. The second-order valence-electron chi connectivity index (χ2n) is 4.19. The summed E-state index contributed by atoms with van der Waals surface area (Å²) in [7, 11) is 1.39. The van der Waals surface area contributed by atoms with E-state index >= 15 is 0 Å². The van der Waals surface area contributed by atoms with Crippen molar-refractivity contribution < 1.29 is 9.59 Å². The summed E-state index contributed by atoms with van der Waals surface area (Å²) in [6.45, 7) is 0. The van der Waals surface area contributed by atoms with Gasteiger partial charge in [0.15, 0.2) is 11.7 Å². The third kappa shape index (κ3) is 3.17. The summed E-state index contributed by atoms with van der Waals surface area (Å²) in [5.74, 6) is -2.51. The third-order valence-electron chi connectivity index (χ3n) is 2.85. The fourth-order valence-corrected chi connectivity index (χ4v) is 2.08. The molecule has 0 fully saturated rings. The van der Waals surface area contributed by atoms with Gasteiger partial charge in [0.1, 0.15) is 0 Å². The molecule has 0 radical (unpaired) electrons. The van der Waals surface area contributed by atoms with Crippen LogP contribution in [0.4, 0.5) is 0 Å². The number of carbonyl (C=O) groups is 2. The van der Waals surface area contributed by atoms with Crippen LogP contribution in [0.1, 0.15) is 10.4 Å². The van der Waals surface area contributed by atoms with Crippen LogP contribution < -0.4 is 5.32 Å². The highest BCUT2D eigenvalue weighted by atomic mass is 79.9. The summed E-state index contributed by atoms with van der Waals surface area (Å²) >= 11 is 3.29. The molecule has 1 N–H and O–H groups in total. The molecule has 0 saturated carbocycles. The number of hydrogen-bond acceptors (Lipinski definition) is 4. The van der Waals surface area contributed by atoms with E-state index in [0.717, 1.165) is 4.47 Å². The van der Waals surface area contributed by atoms with Crippen molar-refractivity contribution in [1.82, 2.24) is 15.1 Å². The van der Waals surface area contributed by atoms with Crippen molar-refractivity contribution in [3.63, 3.8) is 0 Å². The Labute approximate surface area is 129 Å². The number of nitrogens with one attached hydrogen (secondary N) is 1. The zero-order chi connectivity index (χ0) is 15.4. The van der Waals surface area contributed by atoms with Crippen molar-refractivity contribution in [2.75, 3.05) is 7.05 Å². The van der Waals surface area contributed by atoms with Gasteiger partial charge in [-0.1, -0.05) is 12.1 Å². The number of nitriles is 1. The van der Waals surface area contributed by atoms with Gasteiger partial charge < -0.3 is 5.32 Å². The topological polar surface area (TPSA) is 87.8 Å². The summed E-state index contributed by atoms with van der Waals surface area (Å²) in [4.78, 5) is 23.8. The fraction of sp³-hybridized carbons (Fsp3) is 0.143. The van der Waals surface area contributed by atoms with E-state index in [2.05, 4.69) is 26.3 Å². The number of hydrogen-bond donors (Lipinski definition) is 1. The second-order valence-corrected chi connectivity index (χ2v) is 5.11. The van der Waals surface area contributed by atoms with Crippen molar-refractivity contribution in [2.24, 2.45) is 5.92 Å². The van der Waals surface area contributed by atoms with Crippen LogP contribution >= 0.6 is 15.9 Å². The molecule has 6 nitrogen and oxygen atoms in total. The molecule has 0 aliphatic heterocycles. The first-order valence-corrected chi connectivity index (χ1v) is 6.82. The van der Waals surface area contributed by atoms with E-state index in [1.807, 2.05) is 0 Å². The Morgan fingerprint density at radius 3 is 2.81 bits per heavy atom. The Morgan fingerprint density at radius 2 is 2.24 bits per heavy atom. The molecule has 0 saturated heterocycles. The number of rotatable bonds is 4. The molecule has 1 atom stereocenters. The van der Waals surface area contributed by atoms with E-state index in [9.17, 15) is 9.59 Å². The van der Waals surface area contributed by atoms with Crippen LogP contribution in [0.25, 0.3) is 5.69 Å². The molecule has 0 unspecified atom stereocenters. The van der Waals surface area contributed by atoms with Crippen molar-refractivity contribution in [3.8, 4) is 11.8 Å². The lowest BCUT2D eigenvalue weighted by atomic mass is 9.98. The van der Waals surface area contributed by atoms with Crippen LogP contribution in [0, 0.1) is 17.2 Å². The van der Waals surface area contributed by atoms with Crippen molar-refractivity contribution in [3.05, 3.63) is 46.7 Å². The van der Waals surface area contributed by atoms with E-state index in [1.54, 1.807) is 47.4 Å². The molecule has 7 heteroatoms. The predicted molar refractivity (Wildman–Crippen MR) is 78.8 cm³/mol. The number of ketones is 1. The molecule has 1 amide bonds. The van der Waals surface area contributed by atoms with Crippen LogP contribution in [0.5, 0.6) is 0 Å². The zero-order valence-electron chi connectivity index (χ0n) is 11.1. The molecular formula is C14H11BrN4O2. The van der Waals surface area contributed by atoms with E-state index in [-0.39, 0.29) is 5.56 Å². The van der Waals surface area contributed by atoms with Gasteiger partial charge in [-0.15, -0.1) is 0 Å². The zero-order valence-corrected chi connectivity index (χ0v) is 12.7. The van der Waals surface area contributed by atoms with E-state index in [1.165, 1.54) is 7.05 Å². The van der Waals surface area contributed by atoms with Crippen LogP contribution in [-0.4, -0.2) is 28.5 Å². The number of aromatic nitrogens is 2. The van der Waals surface area contributed by atoms with Gasteiger partial charge in [-0.3, -0.25) is 9.59 Å². The maximum atomic E-state index is 12.2. The highest BCUT2D eigenvalue weighted by Crippen LogP contribution is 2.16. The van der Waals surface area contributed by atoms with E-state index in [4.69, 9.17) is 5.26 Å². The highest BCUT2D eigenvalue weighted by Gasteiger charge is 2.26. The Hall–Kier alpha value is -2.46. The average molecular weight is 347 g/mol. The molecule has 2 aromatic rings. The summed E-state index contributed by atoms with van der Waals surface area (Å²) in [6.07, 6.45) is 3.36. The normalized spacial score (nSPS) is 11.5. The maximum absolute atomic E-state index is 12.2. The monoisotopic (exact) mass is 346 g/mol. The number of halogens is 1. The molecule has 0 bridgehead atoms. The first-order chi connectivity index (χ1) is 10.1. The van der Waals surface area contributed by atoms with Crippen molar-refractivity contribution in [2.45, 2.75) is 0 Å². The Bertz CT molecular complexity index is 733. The SMILES string of the molecule is CNC(=O)[C@H](C#N)C(=O)c1cccc(-n2cc(Br)cn2)c1. The average Bonchev–Trinajstić information content (AvgIpc) is 2.94. The first-order valence-electron chi connectivity index (χ1n) is 6.03. The summed E-state index contributed by atoms with van der Waals surface area (Å²) in [5.41, 5.74) is 0.953. The van der Waals surface area contributed by atoms with Gasteiger partial charge >= 0.3 is 0 Å². The summed E-state index contributed by atoms with van der Waals surface area (Å²) in [6, 6.07) is 8.33. The molecule has 106 valence electrons. The fourth-order valence-electron chi connectivity index (χ4n) is 1.79. The number of amides is 1. The molecule has 1 aromatic carbocycles. The third-order valence-corrected chi connectivity index (χ3v) is 3.26. The smallest absolute Gasteiger partial charge is 0.245 e. The first kappa shape index (κ1) is 14.9. The number of nitrogens with zero attached hydrogens (tertiary/aromatic N) is 3. The van der Waals surface area contributed by atoms with Gasteiger partial charge in [-0.2, -0.15) is 10.4 Å². The minimum absolute atomic E-state index is 0.286. The van der Waals surface area contributed by atoms with Gasteiger partial charge in [-0.25, -0.2) is 4.68 Å². The van der Waals surface area contributed by atoms with Crippen LogP contribution in [0.3, 0.4) is 0 Å². The standard InChI is InChI=1S/C14H11BrN4O2/c1-17-14(21)12(6-16)13(20)9-3-2-4-11(5-9)19-8-10(15)7-18-19/h2-5,7-8,12H,1H3,(H,17,21)/t12-/m1/s1. The Morgan fingerprint density at radius 1 is 1.48 bits per heavy atom. The van der Waals surface area contributed by atoms with Crippen LogP contribution in [0.2, 0.25) is 0 Å². The molecular weight excluding hydrogens is 336 g/mol. The number of carbonyl (C=O) groups excluding carboxylic acids is 2. The van der Waals surface area contributed by atoms with E-state index < -0.39 is 17.6 Å². The van der Waals surface area contributed by atoms with Gasteiger partial charge in [0, 0.05) is 18.8 Å². The van der Waals surface area contributed by atoms with Crippen LogP contribution in [0.15, 0.2) is 41.1 Å². The van der Waals surface area contributed by atoms with Crippen LogP contribution in [-0.2, 0) is 4.79 Å². The molecule has 21 heavy (non-hydrogen) atoms. The molecule has 0 aliphatic rings. The molecule has 0 spiro atoms. The molecule has 0 aliphatic carbocycles. The highest BCUT2D eigenvalue weighted by molar-refractivity contribution is 9.10. The summed E-state index contributed by atoms with van der Waals surface area (Å²) in [5, 5.41) is 15.4. The van der Waals surface area contributed by atoms with E-state index in [0.29, 0.717) is 5.69 Å². The minimum atomic E-state index is -1.35. The lowest BCUT2D eigenvalue weighted by Gasteiger charge is -2.08. The number of benzene rings is 1. The Kier molecular flexibility index (Phi) is 4.50. The van der Waals surface area contributed by atoms with Crippen molar-refractivity contribution in [1.29, 1.82) is 5.26 Å². The Balaban J connectivity index is 2.35. The van der Waals surface area contributed by atoms with Gasteiger partial charge in [0.2, 0.25) is 5.91 Å². The molecule has 1 heterocycles. The molecule has 1 aromatic heterocycles. The van der Waals surface area contributed by atoms with Crippen molar-refractivity contribution >= 4 is 27.6 Å². The van der Waals surface area contributed by atoms with Gasteiger partial charge in [0.25, 0.3) is 0 Å². The number of Topliss-reactive ketones (excluding diaryl/α,β-unsaturated/α-hetero) is 1. The van der Waals surface area contributed by atoms with Gasteiger partial charge in [-0.05, 0) is 28.1 Å². The minimum Gasteiger partial charge on any atom is -0.358 e. The maximum Gasteiger partial charge on any atom is 0.245 e. The lowest BCUT2D eigenvalue weighted by Crippen LogP contribution is -2.32. The lowest BCUT2D eigenvalue weighted by molar-refractivity contribution is -0.121. The van der Waals surface area contributed by atoms with Gasteiger partial charge in [0.05, 0.1) is 22.4 Å². The summed E-state index contributed by atoms with van der Waals surface area (Å²) < 4.78 is 2.39. The molecule has 2 rings (SSSR count). The quantitative estimate of drug-likeness (QED) is 0.674. The predicted octanol–water partition coefficient (Wildman–Crippen LogP) is 1.70. The second kappa shape index (κ2) is 6.33.